The normalized spacial score (nSPS) is 11.8. The first-order chi connectivity index (χ1) is 13.3. The monoisotopic (exact) mass is 396 g/mol. The second-order valence-corrected chi connectivity index (χ2v) is 5.71. The molecule has 2 rings (SSSR count). The van der Waals surface area contributed by atoms with Gasteiger partial charge in [-0.05, 0) is 17.7 Å². The first-order valence-corrected chi connectivity index (χ1v) is 8.24. The summed E-state index contributed by atoms with van der Waals surface area (Å²) in [5, 5.41) is 17.0. The van der Waals surface area contributed by atoms with Gasteiger partial charge in [-0.3, -0.25) is 15.1 Å². The molecule has 28 heavy (non-hydrogen) atoms. The molecule has 0 heterocycles. The van der Waals surface area contributed by atoms with E-state index in [0.29, 0.717) is 18.1 Å². The topological polar surface area (TPSA) is 88.8 Å². The average Bonchev–Trinajstić information content (AvgIpc) is 2.67. The number of nitrogens with zero attached hydrogens (tertiary/aromatic N) is 2. The number of benzene rings is 2. The molecule has 2 aromatic carbocycles. The summed E-state index contributed by atoms with van der Waals surface area (Å²) in [6, 6.07) is 12.5. The van der Waals surface area contributed by atoms with Crippen molar-refractivity contribution in [3.8, 4) is 5.75 Å². The Kier molecular flexibility index (Phi) is 7.19. The Labute approximate surface area is 159 Å². The van der Waals surface area contributed by atoms with Crippen LogP contribution in [0.4, 0.5) is 18.9 Å². The number of nitro benzene ring substituents is 1. The van der Waals surface area contributed by atoms with Gasteiger partial charge in [0.15, 0.2) is 12.6 Å². The average molecular weight is 396 g/mol. The largest absolute Gasteiger partial charge is 0.484 e. The molecule has 0 aromatic heterocycles. The van der Waals surface area contributed by atoms with Crippen LogP contribution in [0, 0.1) is 10.1 Å². The SMILES string of the molecule is CN=C(NCc1ccc(OCC(F)(F)F)cc1)NCc1ccccc1[N+](=O)[O-]. The van der Waals surface area contributed by atoms with Crippen molar-refractivity contribution < 1.29 is 22.8 Å². The lowest BCUT2D eigenvalue weighted by Crippen LogP contribution is -2.36. The third-order valence-corrected chi connectivity index (χ3v) is 3.64. The van der Waals surface area contributed by atoms with Crippen molar-refractivity contribution in [1.29, 1.82) is 0 Å². The molecule has 10 heteroatoms. The van der Waals surface area contributed by atoms with E-state index in [-0.39, 0.29) is 18.0 Å². The second-order valence-electron chi connectivity index (χ2n) is 5.71. The second kappa shape index (κ2) is 9.58. The molecule has 7 nitrogen and oxygen atoms in total. The molecule has 0 aliphatic rings. The highest BCUT2D eigenvalue weighted by atomic mass is 19.4. The molecule has 0 saturated heterocycles. The summed E-state index contributed by atoms with van der Waals surface area (Å²) in [6.07, 6.45) is -4.38. The molecule has 0 saturated carbocycles. The summed E-state index contributed by atoms with van der Waals surface area (Å²) in [5.74, 6) is 0.551. The minimum absolute atomic E-state index is 0.0138. The summed E-state index contributed by atoms with van der Waals surface area (Å²) in [6.45, 7) is -0.774. The Hall–Kier alpha value is -3.30. The number of alkyl halides is 3. The number of nitrogens with one attached hydrogen (secondary N) is 2. The van der Waals surface area contributed by atoms with Crippen molar-refractivity contribution in [2.75, 3.05) is 13.7 Å². The standard InChI is InChI=1S/C18H19F3N4O3/c1-22-17(24-11-14-4-2-3-5-16(14)25(26)27)23-10-13-6-8-15(9-7-13)28-12-18(19,20)21/h2-9H,10-12H2,1H3,(H2,22,23,24). The van der Waals surface area contributed by atoms with Gasteiger partial charge < -0.3 is 15.4 Å². The highest BCUT2D eigenvalue weighted by Gasteiger charge is 2.28. The zero-order chi connectivity index (χ0) is 20.6. The molecule has 150 valence electrons. The van der Waals surface area contributed by atoms with Crippen molar-refractivity contribution in [1.82, 2.24) is 10.6 Å². The first kappa shape index (κ1) is 21.0. The maximum absolute atomic E-state index is 12.1. The Morgan fingerprint density at radius 1 is 1.11 bits per heavy atom. The first-order valence-electron chi connectivity index (χ1n) is 8.24. The van der Waals surface area contributed by atoms with Crippen LogP contribution in [0.5, 0.6) is 5.75 Å². The Bertz CT molecular complexity index is 824. The highest BCUT2D eigenvalue weighted by Crippen LogP contribution is 2.19. The van der Waals surface area contributed by atoms with Gasteiger partial charge in [-0.25, -0.2) is 0 Å². The molecule has 0 bridgehead atoms. The third kappa shape index (κ3) is 6.78. The number of ether oxygens (including phenoxy) is 1. The molecule has 0 unspecified atom stereocenters. The number of hydrogen-bond acceptors (Lipinski definition) is 4. The van der Waals surface area contributed by atoms with Crippen LogP contribution in [-0.4, -0.2) is 30.7 Å². The molecule has 0 spiro atoms. The number of hydrogen-bond donors (Lipinski definition) is 2. The minimum Gasteiger partial charge on any atom is -0.484 e. The maximum atomic E-state index is 12.1. The van der Waals surface area contributed by atoms with Crippen LogP contribution < -0.4 is 15.4 Å². The van der Waals surface area contributed by atoms with Crippen molar-refractivity contribution in [2.24, 2.45) is 4.99 Å². The van der Waals surface area contributed by atoms with Gasteiger partial charge >= 0.3 is 6.18 Å². The molecule has 0 amide bonds. The smallest absolute Gasteiger partial charge is 0.422 e. The molecular weight excluding hydrogens is 377 g/mol. The van der Waals surface area contributed by atoms with Crippen LogP contribution >= 0.6 is 0 Å². The van der Waals surface area contributed by atoms with Crippen LogP contribution in [0.3, 0.4) is 0 Å². The lowest BCUT2D eigenvalue weighted by atomic mass is 10.2. The lowest BCUT2D eigenvalue weighted by Gasteiger charge is -2.13. The quantitative estimate of drug-likeness (QED) is 0.324. The van der Waals surface area contributed by atoms with Gasteiger partial charge in [0, 0.05) is 31.8 Å². The van der Waals surface area contributed by atoms with Gasteiger partial charge in [-0.2, -0.15) is 13.2 Å². The summed E-state index contributed by atoms with van der Waals surface area (Å²) in [4.78, 5) is 14.6. The number of aliphatic imine (C=N–C) groups is 1. The van der Waals surface area contributed by atoms with Crippen molar-refractivity contribution in [3.63, 3.8) is 0 Å². The van der Waals surface area contributed by atoms with E-state index < -0.39 is 17.7 Å². The van der Waals surface area contributed by atoms with Crippen molar-refractivity contribution >= 4 is 11.6 Å². The Morgan fingerprint density at radius 3 is 2.36 bits per heavy atom. The van der Waals surface area contributed by atoms with Crippen LogP contribution in [0.1, 0.15) is 11.1 Å². The number of nitro groups is 1. The van der Waals surface area contributed by atoms with Gasteiger partial charge in [-0.15, -0.1) is 0 Å². The van der Waals surface area contributed by atoms with E-state index >= 15 is 0 Å². The fraction of sp³-hybridized carbons (Fsp3) is 0.278. The zero-order valence-corrected chi connectivity index (χ0v) is 15.0. The third-order valence-electron chi connectivity index (χ3n) is 3.64. The van der Waals surface area contributed by atoms with E-state index in [4.69, 9.17) is 0 Å². The summed E-state index contributed by atoms with van der Waals surface area (Å²) in [7, 11) is 1.56. The maximum Gasteiger partial charge on any atom is 0.422 e. The summed E-state index contributed by atoms with van der Waals surface area (Å²) in [5.41, 5.74) is 1.33. The van der Waals surface area contributed by atoms with E-state index in [1.807, 2.05) is 0 Å². The Morgan fingerprint density at radius 2 is 1.75 bits per heavy atom. The van der Waals surface area contributed by atoms with Crippen molar-refractivity contribution in [2.45, 2.75) is 19.3 Å². The molecule has 0 atom stereocenters. The lowest BCUT2D eigenvalue weighted by molar-refractivity contribution is -0.385. The van der Waals surface area contributed by atoms with Gasteiger partial charge in [0.1, 0.15) is 5.75 Å². The van der Waals surface area contributed by atoms with Crippen LogP contribution in [0.15, 0.2) is 53.5 Å². The van der Waals surface area contributed by atoms with Gasteiger partial charge in [0.05, 0.1) is 4.92 Å². The van der Waals surface area contributed by atoms with Gasteiger partial charge in [0.2, 0.25) is 0 Å². The van der Waals surface area contributed by atoms with Crippen molar-refractivity contribution in [3.05, 3.63) is 69.8 Å². The Balaban J connectivity index is 1.86. The van der Waals surface area contributed by atoms with E-state index in [2.05, 4.69) is 20.4 Å². The molecule has 2 N–H and O–H groups in total. The molecular formula is C18H19F3N4O3. The predicted octanol–water partition coefficient (Wildman–Crippen LogP) is 3.40. The summed E-state index contributed by atoms with van der Waals surface area (Å²) >= 11 is 0. The van der Waals surface area contributed by atoms with E-state index in [1.165, 1.54) is 18.2 Å². The minimum atomic E-state index is -4.38. The number of guanidine groups is 1. The summed E-state index contributed by atoms with van der Waals surface area (Å²) < 4.78 is 41.1. The highest BCUT2D eigenvalue weighted by molar-refractivity contribution is 5.79. The van der Waals surface area contributed by atoms with Gasteiger partial charge in [0.25, 0.3) is 5.69 Å². The van der Waals surface area contributed by atoms with Crippen LogP contribution in [0.25, 0.3) is 0 Å². The number of para-hydroxylation sites is 1. The fourth-order valence-electron chi connectivity index (χ4n) is 2.29. The molecule has 0 fully saturated rings. The predicted molar refractivity (Wildman–Crippen MR) is 98.1 cm³/mol. The van der Waals surface area contributed by atoms with E-state index in [1.54, 1.807) is 37.4 Å². The van der Waals surface area contributed by atoms with E-state index in [9.17, 15) is 23.3 Å². The molecule has 0 aliphatic carbocycles. The number of halogens is 3. The number of rotatable bonds is 7. The van der Waals surface area contributed by atoms with E-state index in [0.717, 1.165) is 5.56 Å². The van der Waals surface area contributed by atoms with Crippen LogP contribution in [-0.2, 0) is 13.1 Å². The molecule has 2 aromatic rings. The van der Waals surface area contributed by atoms with Gasteiger partial charge in [-0.1, -0.05) is 30.3 Å². The molecule has 0 aliphatic heterocycles. The molecule has 0 radical (unpaired) electrons. The van der Waals surface area contributed by atoms with Crippen LogP contribution in [0.2, 0.25) is 0 Å². The zero-order valence-electron chi connectivity index (χ0n) is 15.0. The fourth-order valence-corrected chi connectivity index (χ4v) is 2.29.